The van der Waals surface area contributed by atoms with Crippen molar-refractivity contribution in [3.8, 4) is 0 Å². The molecule has 3 heteroatoms. The average molecular weight is 198 g/mol. The summed E-state index contributed by atoms with van der Waals surface area (Å²) >= 11 is 0. The summed E-state index contributed by atoms with van der Waals surface area (Å²) in [6.07, 6.45) is 4.07. The first-order valence-corrected chi connectivity index (χ1v) is 5.73. The van der Waals surface area contributed by atoms with Gasteiger partial charge in [-0.15, -0.1) is 0 Å². The number of piperidine rings is 1. The lowest BCUT2D eigenvalue weighted by atomic mass is 9.84. The van der Waals surface area contributed by atoms with Crippen LogP contribution in [-0.2, 0) is 4.74 Å². The molecule has 2 atom stereocenters. The van der Waals surface area contributed by atoms with Crippen LogP contribution < -0.4 is 5.73 Å². The molecule has 1 saturated heterocycles. The van der Waals surface area contributed by atoms with E-state index in [4.69, 9.17) is 10.5 Å². The third-order valence-electron chi connectivity index (χ3n) is 3.89. The Labute approximate surface area is 86.6 Å². The lowest BCUT2D eigenvalue weighted by molar-refractivity contribution is -0.0340. The van der Waals surface area contributed by atoms with Gasteiger partial charge in [-0.2, -0.15) is 0 Å². The van der Waals surface area contributed by atoms with E-state index in [2.05, 4.69) is 11.8 Å². The molecular weight excluding hydrogens is 176 g/mol. The van der Waals surface area contributed by atoms with Crippen LogP contribution in [-0.4, -0.2) is 43.3 Å². The second kappa shape index (κ2) is 4.17. The molecule has 3 nitrogen and oxygen atoms in total. The van der Waals surface area contributed by atoms with Gasteiger partial charge >= 0.3 is 0 Å². The van der Waals surface area contributed by atoms with Crippen molar-refractivity contribution in [2.45, 2.75) is 44.4 Å². The summed E-state index contributed by atoms with van der Waals surface area (Å²) in [6, 6.07) is 1.20. The third kappa shape index (κ3) is 1.95. The van der Waals surface area contributed by atoms with Crippen molar-refractivity contribution in [2.24, 2.45) is 11.7 Å². The van der Waals surface area contributed by atoms with Crippen molar-refractivity contribution < 1.29 is 4.74 Å². The maximum Gasteiger partial charge on any atom is 0.0724 e. The fourth-order valence-corrected chi connectivity index (χ4v) is 2.62. The Morgan fingerprint density at radius 2 is 2.07 bits per heavy atom. The number of methoxy groups -OCH3 is 1. The number of hydrogen-bond acceptors (Lipinski definition) is 3. The zero-order valence-electron chi connectivity index (χ0n) is 9.28. The lowest BCUT2D eigenvalue weighted by Crippen LogP contribution is -2.55. The number of nitrogens with two attached hydrogens (primary N) is 1. The first kappa shape index (κ1) is 10.4. The first-order valence-electron chi connectivity index (χ1n) is 5.73. The van der Waals surface area contributed by atoms with E-state index in [-0.39, 0.29) is 0 Å². The van der Waals surface area contributed by atoms with Gasteiger partial charge < -0.3 is 10.5 Å². The number of ether oxygens (including phenoxy) is 1. The minimum Gasteiger partial charge on any atom is -0.380 e. The fourth-order valence-electron chi connectivity index (χ4n) is 2.62. The number of rotatable bonds is 2. The van der Waals surface area contributed by atoms with Crippen molar-refractivity contribution in [1.82, 2.24) is 4.90 Å². The summed E-state index contributed by atoms with van der Waals surface area (Å²) in [4.78, 5) is 2.57. The molecule has 0 radical (unpaired) electrons. The predicted octanol–water partition coefficient (Wildman–Crippen LogP) is 0.833. The van der Waals surface area contributed by atoms with Crippen molar-refractivity contribution >= 4 is 0 Å². The van der Waals surface area contributed by atoms with Crippen LogP contribution in [0.4, 0.5) is 0 Å². The Kier molecular flexibility index (Phi) is 3.10. The van der Waals surface area contributed by atoms with Gasteiger partial charge in [-0.25, -0.2) is 0 Å². The van der Waals surface area contributed by atoms with Crippen LogP contribution in [0.25, 0.3) is 0 Å². The topological polar surface area (TPSA) is 38.5 Å². The van der Waals surface area contributed by atoms with Gasteiger partial charge in [0.05, 0.1) is 6.10 Å². The van der Waals surface area contributed by atoms with E-state index < -0.39 is 0 Å². The highest BCUT2D eigenvalue weighted by Crippen LogP contribution is 2.29. The summed E-state index contributed by atoms with van der Waals surface area (Å²) in [7, 11) is 1.83. The van der Waals surface area contributed by atoms with Gasteiger partial charge in [0.1, 0.15) is 0 Å². The monoisotopic (exact) mass is 198 g/mol. The summed E-state index contributed by atoms with van der Waals surface area (Å²) in [5.74, 6) is 0.713. The van der Waals surface area contributed by atoms with Crippen LogP contribution in [0.1, 0.15) is 26.2 Å². The molecule has 1 aliphatic heterocycles. The minimum atomic E-state index is 0.431. The highest BCUT2D eigenvalue weighted by molar-refractivity contribution is 4.92. The van der Waals surface area contributed by atoms with E-state index in [0.29, 0.717) is 18.1 Å². The van der Waals surface area contributed by atoms with E-state index in [0.717, 1.165) is 12.6 Å². The van der Waals surface area contributed by atoms with Crippen LogP contribution in [0.5, 0.6) is 0 Å². The number of likely N-dealkylation sites (tertiary alicyclic amines) is 1. The standard InChI is InChI=1S/C11H22N2O/c1-8-3-4-13(7-11(8)14-2)10-5-9(12)6-10/h8-11H,3-7,12H2,1-2H3. The quantitative estimate of drug-likeness (QED) is 0.714. The molecular formula is C11H22N2O. The highest BCUT2D eigenvalue weighted by atomic mass is 16.5. The maximum absolute atomic E-state index is 5.81. The summed E-state index contributed by atoms with van der Waals surface area (Å²) in [5.41, 5.74) is 5.81. The van der Waals surface area contributed by atoms with E-state index in [1.54, 1.807) is 0 Å². The van der Waals surface area contributed by atoms with E-state index in [1.807, 2.05) is 7.11 Å². The number of nitrogens with zero attached hydrogens (tertiary/aromatic N) is 1. The molecule has 2 aliphatic rings. The Balaban J connectivity index is 1.84. The predicted molar refractivity (Wildman–Crippen MR) is 57.1 cm³/mol. The molecule has 82 valence electrons. The zero-order chi connectivity index (χ0) is 10.1. The van der Waals surface area contributed by atoms with Crippen LogP contribution in [0.15, 0.2) is 0 Å². The molecule has 0 bridgehead atoms. The minimum absolute atomic E-state index is 0.431. The van der Waals surface area contributed by atoms with Crippen molar-refractivity contribution in [3.63, 3.8) is 0 Å². The second-order valence-corrected chi connectivity index (χ2v) is 4.92. The van der Waals surface area contributed by atoms with Gasteiger partial charge in [-0.1, -0.05) is 6.92 Å². The first-order chi connectivity index (χ1) is 6.70. The van der Waals surface area contributed by atoms with E-state index in [1.165, 1.54) is 25.8 Å². The molecule has 2 rings (SSSR count). The highest BCUT2D eigenvalue weighted by Gasteiger charge is 2.35. The molecule has 2 unspecified atom stereocenters. The maximum atomic E-state index is 5.81. The van der Waals surface area contributed by atoms with Gasteiger partial charge in [-0.3, -0.25) is 4.90 Å². The molecule has 0 spiro atoms. The van der Waals surface area contributed by atoms with Crippen molar-refractivity contribution in [1.29, 1.82) is 0 Å². The lowest BCUT2D eigenvalue weighted by Gasteiger charge is -2.46. The SMILES string of the molecule is COC1CN(C2CC(N)C2)CCC1C. The van der Waals surface area contributed by atoms with Gasteiger partial charge in [-0.05, 0) is 31.7 Å². The normalized spacial score (nSPS) is 44.8. The van der Waals surface area contributed by atoms with Gasteiger partial charge in [0.2, 0.25) is 0 Å². The molecule has 0 amide bonds. The molecule has 1 saturated carbocycles. The zero-order valence-corrected chi connectivity index (χ0v) is 9.28. The molecule has 0 aromatic rings. The second-order valence-electron chi connectivity index (χ2n) is 4.92. The summed E-state index contributed by atoms with van der Waals surface area (Å²) < 4.78 is 5.51. The van der Waals surface area contributed by atoms with Gasteiger partial charge in [0.25, 0.3) is 0 Å². The van der Waals surface area contributed by atoms with Crippen molar-refractivity contribution in [3.05, 3.63) is 0 Å². The Bertz CT molecular complexity index is 192. The average Bonchev–Trinajstić information content (AvgIpc) is 2.14. The van der Waals surface area contributed by atoms with Crippen LogP contribution in [0.3, 0.4) is 0 Å². The molecule has 2 fully saturated rings. The Hall–Kier alpha value is -0.120. The molecule has 0 aromatic heterocycles. The van der Waals surface area contributed by atoms with Crippen LogP contribution >= 0.6 is 0 Å². The molecule has 1 aliphatic carbocycles. The third-order valence-corrected chi connectivity index (χ3v) is 3.89. The molecule has 1 heterocycles. The fraction of sp³-hybridized carbons (Fsp3) is 1.00. The van der Waals surface area contributed by atoms with Gasteiger partial charge in [0, 0.05) is 25.7 Å². The van der Waals surface area contributed by atoms with Crippen LogP contribution in [0.2, 0.25) is 0 Å². The molecule has 2 N–H and O–H groups in total. The van der Waals surface area contributed by atoms with Gasteiger partial charge in [0.15, 0.2) is 0 Å². The van der Waals surface area contributed by atoms with Crippen molar-refractivity contribution in [2.75, 3.05) is 20.2 Å². The smallest absolute Gasteiger partial charge is 0.0724 e. The van der Waals surface area contributed by atoms with E-state index in [9.17, 15) is 0 Å². The summed E-state index contributed by atoms with van der Waals surface area (Å²) in [5, 5.41) is 0. The number of hydrogen-bond donors (Lipinski definition) is 1. The Morgan fingerprint density at radius 1 is 1.36 bits per heavy atom. The van der Waals surface area contributed by atoms with E-state index >= 15 is 0 Å². The Morgan fingerprint density at radius 3 is 2.64 bits per heavy atom. The van der Waals surface area contributed by atoms with Crippen LogP contribution in [0, 0.1) is 5.92 Å². The molecule has 0 aromatic carbocycles. The largest absolute Gasteiger partial charge is 0.380 e. The summed E-state index contributed by atoms with van der Waals surface area (Å²) in [6.45, 7) is 4.63. The molecule has 14 heavy (non-hydrogen) atoms.